The molecule has 0 aliphatic heterocycles. The summed E-state index contributed by atoms with van der Waals surface area (Å²) in [5, 5.41) is 2.95. The van der Waals surface area contributed by atoms with Gasteiger partial charge in [0.1, 0.15) is 5.69 Å². The van der Waals surface area contributed by atoms with Crippen molar-refractivity contribution in [2.24, 2.45) is 0 Å². The minimum absolute atomic E-state index is 0.0799. The van der Waals surface area contributed by atoms with E-state index in [0.717, 1.165) is 18.4 Å². The van der Waals surface area contributed by atoms with Gasteiger partial charge in [-0.2, -0.15) is 0 Å². The highest BCUT2D eigenvalue weighted by Gasteiger charge is 2.10. The van der Waals surface area contributed by atoms with Crippen LogP contribution in [0, 0.1) is 6.92 Å². The molecule has 0 saturated heterocycles. The molecule has 0 aliphatic carbocycles. The molecule has 0 aliphatic rings. The molecule has 0 aromatic carbocycles. The van der Waals surface area contributed by atoms with Crippen LogP contribution < -0.4 is 5.32 Å². The molecule has 1 amide bonds. The normalized spacial score (nSPS) is 10.4. The lowest BCUT2D eigenvalue weighted by molar-refractivity contribution is 0.0930. The zero-order chi connectivity index (χ0) is 11.3. The van der Waals surface area contributed by atoms with Crippen molar-refractivity contribution < 1.29 is 4.79 Å². The fourth-order valence-corrected chi connectivity index (χ4v) is 1.35. The number of amides is 1. The number of hydrogen-bond acceptors (Lipinski definition) is 2. The molecular formula is C12H18N2O. The largest absolute Gasteiger partial charge is 0.348 e. The highest BCUT2D eigenvalue weighted by atomic mass is 16.1. The van der Waals surface area contributed by atoms with E-state index in [9.17, 15) is 4.79 Å². The Morgan fingerprint density at radius 2 is 2.07 bits per heavy atom. The molecular weight excluding hydrogens is 188 g/mol. The maximum atomic E-state index is 11.7. The summed E-state index contributed by atoms with van der Waals surface area (Å²) in [6.45, 7) is 6.09. The summed E-state index contributed by atoms with van der Waals surface area (Å²) in [6.07, 6.45) is 3.62. The Balaban J connectivity index is 2.64. The van der Waals surface area contributed by atoms with Crippen molar-refractivity contribution in [3.63, 3.8) is 0 Å². The van der Waals surface area contributed by atoms with Crippen molar-refractivity contribution in [1.29, 1.82) is 0 Å². The van der Waals surface area contributed by atoms with Crippen LogP contribution in [0.15, 0.2) is 18.3 Å². The van der Waals surface area contributed by atoms with Gasteiger partial charge >= 0.3 is 0 Å². The zero-order valence-electron chi connectivity index (χ0n) is 9.58. The first kappa shape index (κ1) is 11.7. The van der Waals surface area contributed by atoms with Crippen LogP contribution in [0.4, 0.5) is 0 Å². The number of aryl methyl sites for hydroxylation is 1. The summed E-state index contributed by atoms with van der Waals surface area (Å²) in [4.78, 5) is 15.8. The lowest BCUT2D eigenvalue weighted by Crippen LogP contribution is -2.34. The summed E-state index contributed by atoms with van der Waals surface area (Å²) in [6, 6.07) is 3.91. The lowest BCUT2D eigenvalue weighted by Gasteiger charge is -2.14. The number of aromatic nitrogens is 1. The molecule has 1 aromatic rings. The Labute approximate surface area is 90.9 Å². The van der Waals surface area contributed by atoms with Gasteiger partial charge in [-0.3, -0.25) is 9.78 Å². The average Bonchev–Trinajstić information content (AvgIpc) is 2.26. The van der Waals surface area contributed by atoms with Crippen LogP contribution in [0.3, 0.4) is 0 Å². The maximum Gasteiger partial charge on any atom is 0.270 e. The Hall–Kier alpha value is -1.38. The summed E-state index contributed by atoms with van der Waals surface area (Å²) in [5.41, 5.74) is 1.56. The third-order valence-electron chi connectivity index (χ3n) is 2.46. The summed E-state index contributed by atoms with van der Waals surface area (Å²) in [5.74, 6) is -0.0799. The zero-order valence-corrected chi connectivity index (χ0v) is 9.58. The molecule has 1 aromatic heterocycles. The van der Waals surface area contributed by atoms with E-state index in [0.29, 0.717) is 5.69 Å². The van der Waals surface area contributed by atoms with E-state index < -0.39 is 0 Å². The van der Waals surface area contributed by atoms with Crippen LogP contribution in [0.2, 0.25) is 0 Å². The molecule has 0 atom stereocenters. The second kappa shape index (κ2) is 5.49. The first-order valence-corrected chi connectivity index (χ1v) is 5.40. The molecule has 1 N–H and O–H groups in total. The van der Waals surface area contributed by atoms with E-state index in [1.54, 1.807) is 12.3 Å². The summed E-state index contributed by atoms with van der Waals surface area (Å²) in [7, 11) is 0. The molecule has 82 valence electrons. The number of rotatable bonds is 4. The van der Waals surface area contributed by atoms with Gasteiger partial charge in [0.05, 0.1) is 0 Å². The molecule has 1 heterocycles. The molecule has 0 fully saturated rings. The lowest BCUT2D eigenvalue weighted by atomic mass is 10.1. The van der Waals surface area contributed by atoms with Gasteiger partial charge in [-0.25, -0.2) is 0 Å². The van der Waals surface area contributed by atoms with E-state index in [2.05, 4.69) is 24.1 Å². The highest BCUT2D eigenvalue weighted by Crippen LogP contribution is 2.01. The minimum Gasteiger partial charge on any atom is -0.348 e. The number of nitrogens with zero attached hydrogens (tertiary/aromatic N) is 1. The number of pyridine rings is 1. The Morgan fingerprint density at radius 3 is 2.53 bits per heavy atom. The van der Waals surface area contributed by atoms with Crippen LogP contribution >= 0.6 is 0 Å². The van der Waals surface area contributed by atoms with Gasteiger partial charge in [-0.1, -0.05) is 19.9 Å². The standard InChI is InChI=1S/C12H18N2O/c1-4-10(5-2)14-12(15)11-7-6-9(3)8-13-11/h6-8,10H,4-5H2,1-3H3,(H,14,15). The fraction of sp³-hybridized carbons (Fsp3) is 0.500. The van der Waals surface area contributed by atoms with Crippen LogP contribution in [0.1, 0.15) is 42.7 Å². The molecule has 3 heteroatoms. The number of nitrogens with one attached hydrogen (secondary N) is 1. The first-order chi connectivity index (χ1) is 7.17. The quantitative estimate of drug-likeness (QED) is 0.821. The molecule has 15 heavy (non-hydrogen) atoms. The maximum absolute atomic E-state index is 11.7. The summed E-state index contributed by atoms with van der Waals surface area (Å²) < 4.78 is 0. The Morgan fingerprint density at radius 1 is 1.40 bits per heavy atom. The van der Waals surface area contributed by atoms with Gasteiger partial charge in [0, 0.05) is 12.2 Å². The average molecular weight is 206 g/mol. The van der Waals surface area contributed by atoms with E-state index in [4.69, 9.17) is 0 Å². The van der Waals surface area contributed by atoms with Crippen molar-refractivity contribution in [1.82, 2.24) is 10.3 Å². The molecule has 3 nitrogen and oxygen atoms in total. The molecule has 0 radical (unpaired) electrons. The predicted molar refractivity (Wildman–Crippen MR) is 60.8 cm³/mol. The first-order valence-electron chi connectivity index (χ1n) is 5.40. The third kappa shape index (κ3) is 3.35. The SMILES string of the molecule is CCC(CC)NC(=O)c1ccc(C)cn1. The second-order valence-corrected chi connectivity index (χ2v) is 3.71. The van der Waals surface area contributed by atoms with Crippen molar-refractivity contribution >= 4 is 5.91 Å². The van der Waals surface area contributed by atoms with Gasteiger partial charge in [-0.05, 0) is 31.4 Å². The van der Waals surface area contributed by atoms with Gasteiger partial charge < -0.3 is 5.32 Å². The van der Waals surface area contributed by atoms with Crippen molar-refractivity contribution in [2.75, 3.05) is 0 Å². The predicted octanol–water partition coefficient (Wildman–Crippen LogP) is 2.31. The van der Waals surface area contributed by atoms with Gasteiger partial charge in [0.15, 0.2) is 0 Å². The molecule has 0 saturated carbocycles. The third-order valence-corrected chi connectivity index (χ3v) is 2.46. The summed E-state index contributed by atoms with van der Waals surface area (Å²) >= 11 is 0. The fourth-order valence-electron chi connectivity index (χ4n) is 1.35. The van der Waals surface area contributed by atoms with Crippen molar-refractivity contribution in [3.05, 3.63) is 29.6 Å². The number of carbonyl (C=O) groups is 1. The van der Waals surface area contributed by atoms with Crippen molar-refractivity contribution in [2.45, 2.75) is 39.7 Å². The Bertz CT molecular complexity index is 315. The van der Waals surface area contributed by atoms with E-state index in [-0.39, 0.29) is 11.9 Å². The van der Waals surface area contributed by atoms with Crippen LogP contribution in [-0.4, -0.2) is 16.9 Å². The monoisotopic (exact) mass is 206 g/mol. The second-order valence-electron chi connectivity index (χ2n) is 3.71. The van der Waals surface area contributed by atoms with Crippen LogP contribution in [0.25, 0.3) is 0 Å². The van der Waals surface area contributed by atoms with Crippen LogP contribution in [0.5, 0.6) is 0 Å². The topological polar surface area (TPSA) is 42.0 Å². The molecule has 0 bridgehead atoms. The Kier molecular flexibility index (Phi) is 4.28. The van der Waals surface area contributed by atoms with Crippen molar-refractivity contribution in [3.8, 4) is 0 Å². The van der Waals surface area contributed by atoms with Gasteiger partial charge in [-0.15, -0.1) is 0 Å². The minimum atomic E-state index is -0.0799. The van der Waals surface area contributed by atoms with E-state index in [1.165, 1.54) is 0 Å². The van der Waals surface area contributed by atoms with Crippen LogP contribution in [-0.2, 0) is 0 Å². The number of hydrogen-bond donors (Lipinski definition) is 1. The smallest absolute Gasteiger partial charge is 0.270 e. The highest BCUT2D eigenvalue weighted by molar-refractivity contribution is 5.92. The number of carbonyl (C=O) groups excluding carboxylic acids is 1. The molecule has 1 rings (SSSR count). The van der Waals surface area contributed by atoms with E-state index >= 15 is 0 Å². The van der Waals surface area contributed by atoms with Gasteiger partial charge in [0.2, 0.25) is 0 Å². The van der Waals surface area contributed by atoms with Gasteiger partial charge in [0.25, 0.3) is 5.91 Å². The molecule has 0 unspecified atom stereocenters. The van der Waals surface area contributed by atoms with E-state index in [1.807, 2.05) is 13.0 Å². The molecule has 0 spiro atoms.